The molecule has 1 aliphatic carbocycles. The van der Waals surface area contributed by atoms with Gasteiger partial charge in [-0.05, 0) is 55.2 Å². The van der Waals surface area contributed by atoms with E-state index in [2.05, 4.69) is 58.1 Å². The molecule has 1 aromatic carbocycles. The predicted molar refractivity (Wildman–Crippen MR) is 110 cm³/mol. The third-order valence-electron chi connectivity index (χ3n) is 5.00. The summed E-state index contributed by atoms with van der Waals surface area (Å²) in [6.07, 6.45) is 14.6. The van der Waals surface area contributed by atoms with Gasteiger partial charge in [-0.15, -0.1) is 0 Å². The largest absolute Gasteiger partial charge is 0.463 e. The van der Waals surface area contributed by atoms with Crippen LogP contribution in [0.1, 0.15) is 58.1 Å². The molecule has 1 aliphatic rings. The van der Waals surface area contributed by atoms with Crippen molar-refractivity contribution >= 4 is 12.5 Å². The average molecular weight is 351 g/mol. The highest BCUT2D eigenvalue weighted by molar-refractivity contribution is 5.52. The second-order valence-electron chi connectivity index (χ2n) is 7.68. The first kappa shape index (κ1) is 20.0. The highest BCUT2D eigenvalue weighted by Gasteiger charge is 2.26. The molecule has 138 valence electrons. The van der Waals surface area contributed by atoms with Crippen molar-refractivity contribution in [3.05, 3.63) is 76.4 Å². The number of benzene rings is 1. The Bertz CT molecular complexity index is 728. The lowest BCUT2D eigenvalue weighted by atomic mass is 9.72. The number of carbonyl (C=O) groups excluding carboxylic acids is 1. The minimum atomic E-state index is 0.282. The number of allylic oxidation sites excluding steroid dienone is 7. The summed E-state index contributed by atoms with van der Waals surface area (Å²) in [5, 5.41) is 0. The first-order valence-electron chi connectivity index (χ1n) is 9.30. The van der Waals surface area contributed by atoms with E-state index in [1.165, 1.54) is 36.0 Å². The normalized spacial score (nSPS) is 17.9. The fourth-order valence-corrected chi connectivity index (χ4v) is 3.45. The Hall–Kier alpha value is -2.35. The van der Waals surface area contributed by atoms with E-state index in [1.54, 1.807) is 0 Å². The van der Waals surface area contributed by atoms with Crippen molar-refractivity contribution in [3.63, 3.8) is 0 Å². The first-order valence-corrected chi connectivity index (χ1v) is 9.30. The van der Waals surface area contributed by atoms with Gasteiger partial charge in [0.25, 0.3) is 6.47 Å². The van der Waals surface area contributed by atoms with Gasteiger partial charge < -0.3 is 4.74 Å². The minimum absolute atomic E-state index is 0.282. The molecule has 0 atom stereocenters. The Morgan fingerprint density at radius 3 is 2.58 bits per heavy atom. The summed E-state index contributed by atoms with van der Waals surface area (Å²) in [7, 11) is 0. The number of ether oxygens (including phenoxy) is 1. The molecule has 2 heteroatoms. The van der Waals surface area contributed by atoms with Crippen molar-refractivity contribution in [2.45, 2.75) is 53.6 Å². The summed E-state index contributed by atoms with van der Waals surface area (Å²) < 4.78 is 4.75. The van der Waals surface area contributed by atoms with Crippen LogP contribution in [0.3, 0.4) is 0 Å². The zero-order valence-corrected chi connectivity index (χ0v) is 16.4. The van der Waals surface area contributed by atoms with Gasteiger partial charge in [-0.1, -0.05) is 79.6 Å². The Kier molecular flexibility index (Phi) is 7.20. The monoisotopic (exact) mass is 350 g/mol. The van der Waals surface area contributed by atoms with E-state index in [0.29, 0.717) is 13.1 Å². The summed E-state index contributed by atoms with van der Waals surface area (Å²) in [4.78, 5) is 10.2. The van der Waals surface area contributed by atoms with E-state index in [9.17, 15) is 4.79 Å². The van der Waals surface area contributed by atoms with Crippen molar-refractivity contribution in [3.8, 4) is 0 Å². The smallest absolute Gasteiger partial charge is 0.293 e. The molecule has 26 heavy (non-hydrogen) atoms. The molecular weight excluding hydrogens is 320 g/mol. The van der Waals surface area contributed by atoms with Gasteiger partial charge in [0.1, 0.15) is 6.61 Å². The molecule has 0 heterocycles. The maximum atomic E-state index is 10.2. The van der Waals surface area contributed by atoms with Crippen molar-refractivity contribution < 1.29 is 9.53 Å². The average Bonchev–Trinajstić information content (AvgIpc) is 2.60. The molecule has 0 radical (unpaired) electrons. The Balaban J connectivity index is 1.99. The van der Waals surface area contributed by atoms with Crippen LogP contribution in [0.25, 0.3) is 6.08 Å². The lowest BCUT2D eigenvalue weighted by molar-refractivity contribution is -0.129. The molecule has 1 aromatic rings. The van der Waals surface area contributed by atoms with Crippen molar-refractivity contribution in [2.24, 2.45) is 5.41 Å². The standard InChI is InChI=1S/C24H30O2/c1-19(10-15-23-20(2)8-6-16-24(23,3)4)7-5-9-21-11-13-22(14-12-21)17-26-18-25/h5,7,9-15,18H,6,8,16-17H2,1-4H3. The lowest BCUT2D eigenvalue weighted by Crippen LogP contribution is -2.19. The van der Waals surface area contributed by atoms with Crippen molar-refractivity contribution in [1.82, 2.24) is 0 Å². The zero-order valence-electron chi connectivity index (χ0n) is 16.4. The third kappa shape index (κ3) is 5.87. The van der Waals surface area contributed by atoms with Gasteiger partial charge in [0.15, 0.2) is 0 Å². The molecule has 0 saturated heterocycles. The van der Waals surface area contributed by atoms with Crippen LogP contribution in [-0.4, -0.2) is 6.47 Å². The summed E-state index contributed by atoms with van der Waals surface area (Å²) >= 11 is 0. The molecule has 2 rings (SSSR count). The van der Waals surface area contributed by atoms with Gasteiger partial charge in [0.05, 0.1) is 0 Å². The van der Waals surface area contributed by atoms with E-state index >= 15 is 0 Å². The molecule has 0 unspecified atom stereocenters. The minimum Gasteiger partial charge on any atom is -0.463 e. The number of hydrogen-bond acceptors (Lipinski definition) is 2. The van der Waals surface area contributed by atoms with Crippen LogP contribution < -0.4 is 0 Å². The van der Waals surface area contributed by atoms with E-state index in [1.807, 2.05) is 24.3 Å². The molecule has 0 amide bonds. The van der Waals surface area contributed by atoms with Gasteiger partial charge in [0.2, 0.25) is 0 Å². The molecule has 0 fully saturated rings. The van der Waals surface area contributed by atoms with E-state index in [0.717, 1.165) is 11.1 Å². The lowest BCUT2D eigenvalue weighted by Gasteiger charge is -2.32. The molecule has 0 spiro atoms. The first-order chi connectivity index (χ1) is 12.4. The van der Waals surface area contributed by atoms with Crippen LogP contribution in [0.15, 0.2) is 65.3 Å². The summed E-state index contributed by atoms with van der Waals surface area (Å²) in [5.74, 6) is 0. The maximum Gasteiger partial charge on any atom is 0.293 e. The van der Waals surface area contributed by atoms with Crippen LogP contribution in [0.2, 0.25) is 0 Å². The van der Waals surface area contributed by atoms with Gasteiger partial charge >= 0.3 is 0 Å². The van der Waals surface area contributed by atoms with Crippen molar-refractivity contribution in [2.75, 3.05) is 0 Å². The number of rotatable bonds is 7. The molecule has 0 bridgehead atoms. The van der Waals surface area contributed by atoms with Gasteiger partial charge in [-0.2, -0.15) is 0 Å². The summed E-state index contributed by atoms with van der Waals surface area (Å²) in [6, 6.07) is 8.00. The quantitative estimate of drug-likeness (QED) is 0.420. The predicted octanol–water partition coefficient (Wildman–Crippen LogP) is 6.40. The maximum absolute atomic E-state index is 10.2. The topological polar surface area (TPSA) is 26.3 Å². The fourth-order valence-electron chi connectivity index (χ4n) is 3.45. The Morgan fingerprint density at radius 1 is 1.19 bits per heavy atom. The zero-order chi connectivity index (χ0) is 19.0. The Labute approximate surface area is 158 Å². The van der Waals surface area contributed by atoms with Crippen LogP contribution in [-0.2, 0) is 16.1 Å². The second kappa shape index (κ2) is 9.38. The highest BCUT2D eigenvalue weighted by Crippen LogP contribution is 2.40. The molecule has 0 aliphatic heterocycles. The molecule has 0 saturated carbocycles. The molecular formula is C24H30O2. The van der Waals surface area contributed by atoms with Crippen LogP contribution in [0, 0.1) is 5.41 Å². The fraction of sp³-hybridized carbons (Fsp3) is 0.375. The molecule has 0 N–H and O–H groups in total. The third-order valence-corrected chi connectivity index (χ3v) is 5.00. The van der Waals surface area contributed by atoms with E-state index < -0.39 is 0 Å². The summed E-state index contributed by atoms with van der Waals surface area (Å²) in [6.45, 7) is 9.88. The highest BCUT2D eigenvalue weighted by atomic mass is 16.5. The summed E-state index contributed by atoms with van der Waals surface area (Å²) in [5.41, 5.74) is 6.65. The van der Waals surface area contributed by atoms with Gasteiger partial charge in [0, 0.05) is 0 Å². The second-order valence-corrected chi connectivity index (χ2v) is 7.68. The van der Waals surface area contributed by atoms with Crippen LogP contribution in [0.5, 0.6) is 0 Å². The van der Waals surface area contributed by atoms with Gasteiger partial charge in [-0.25, -0.2) is 0 Å². The Morgan fingerprint density at radius 2 is 1.92 bits per heavy atom. The van der Waals surface area contributed by atoms with E-state index in [-0.39, 0.29) is 5.41 Å². The van der Waals surface area contributed by atoms with Gasteiger partial charge in [-0.3, -0.25) is 4.79 Å². The SMILES string of the molecule is CC(C=CC1=C(C)CCCC1(C)C)=CC=Cc1ccc(COC=O)cc1. The van der Waals surface area contributed by atoms with E-state index in [4.69, 9.17) is 4.74 Å². The van der Waals surface area contributed by atoms with Crippen molar-refractivity contribution in [1.29, 1.82) is 0 Å². The van der Waals surface area contributed by atoms with Crippen LogP contribution in [0.4, 0.5) is 0 Å². The van der Waals surface area contributed by atoms with Crippen LogP contribution >= 0.6 is 0 Å². The molecule has 0 aromatic heterocycles. The molecule has 2 nitrogen and oxygen atoms in total. The number of carbonyl (C=O) groups is 1. The number of hydrogen-bond donors (Lipinski definition) is 0.